The molecular weight excluding hydrogens is 300 g/mol. The van der Waals surface area contributed by atoms with Crippen molar-refractivity contribution in [3.05, 3.63) is 0 Å². The van der Waals surface area contributed by atoms with Crippen LogP contribution in [0.5, 0.6) is 0 Å². The van der Waals surface area contributed by atoms with E-state index in [9.17, 15) is 9.59 Å². The second kappa shape index (κ2) is 5.47. The van der Waals surface area contributed by atoms with Gasteiger partial charge in [0, 0.05) is 32.1 Å². The standard InChI is InChI=1S/C20H30N2O2/c23-18(17-2-1-3-17)21-4-6-22(7-5-21)19(24)20-11-14-8-15(12-20)10-16(9-14)13-20/h14-17H,1-13H2. The van der Waals surface area contributed by atoms with Gasteiger partial charge in [-0.1, -0.05) is 6.42 Å². The van der Waals surface area contributed by atoms with Crippen molar-refractivity contribution in [2.75, 3.05) is 26.2 Å². The minimum atomic E-state index is -0.0189. The first kappa shape index (κ1) is 15.2. The zero-order valence-electron chi connectivity index (χ0n) is 14.7. The zero-order chi connectivity index (χ0) is 16.3. The van der Waals surface area contributed by atoms with Crippen LogP contribution in [0.2, 0.25) is 0 Å². The Morgan fingerprint density at radius 1 is 0.750 bits per heavy atom. The summed E-state index contributed by atoms with van der Waals surface area (Å²) in [5.74, 6) is 3.54. The van der Waals surface area contributed by atoms with Crippen LogP contribution in [0, 0.1) is 29.1 Å². The Balaban J connectivity index is 1.23. The highest BCUT2D eigenvalue weighted by molar-refractivity contribution is 5.84. The predicted molar refractivity (Wildman–Crippen MR) is 91.1 cm³/mol. The number of carbonyl (C=O) groups excluding carboxylic acids is 2. The van der Waals surface area contributed by atoms with E-state index in [-0.39, 0.29) is 11.3 Å². The lowest BCUT2D eigenvalue weighted by molar-refractivity contribution is -0.161. The van der Waals surface area contributed by atoms with Crippen molar-refractivity contribution in [3.8, 4) is 0 Å². The van der Waals surface area contributed by atoms with Crippen LogP contribution in [0.4, 0.5) is 0 Å². The van der Waals surface area contributed by atoms with Crippen LogP contribution in [-0.4, -0.2) is 47.8 Å². The molecule has 0 spiro atoms. The van der Waals surface area contributed by atoms with Crippen LogP contribution in [-0.2, 0) is 9.59 Å². The molecule has 2 amide bonds. The van der Waals surface area contributed by atoms with E-state index in [1.165, 1.54) is 25.7 Å². The van der Waals surface area contributed by atoms with Crippen LogP contribution in [0.25, 0.3) is 0 Å². The van der Waals surface area contributed by atoms with Crippen molar-refractivity contribution in [1.82, 2.24) is 9.80 Å². The third-order valence-corrected chi connectivity index (χ3v) is 7.82. The van der Waals surface area contributed by atoms with E-state index in [0.717, 1.165) is 76.0 Å². The van der Waals surface area contributed by atoms with Gasteiger partial charge in [-0.25, -0.2) is 0 Å². The molecule has 5 saturated carbocycles. The molecule has 6 fully saturated rings. The summed E-state index contributed by atoms with van der Waals surface area (Å²) in [7, 11) is 0. The molecule has 0 aromatic carbocycles. The minimum absolute atomic E-state index is 0.0189. The maximum absolute atomic E-state index is 13.4. The van der Waals surface area contributed by atoms with Crippen LogP contribution in [0.15, 0.2) is 0 Å². The van der Waals surface area contributed by atoms with Crippen molar-refractivity contribution >= 4 is 11.8 Å². The summed E-state index contributed by atoms with van der Waals surface area (Å²) in [6, 6.07) is 0. The van der Waals surface area contributed by atoms with Gasteiger partial charge in [0.25, 0.3) is 0 Å². The number of hydrogen-bond donors (Lipinski definition) is 0. The van der Waals surface area contributed by atoms with Gasteiger partial charge < -0.3 is 9.80 Å². The molecule has 24 heavy (non-hydrogen) atoms. The molecule has 0 aromatic heterocycles. The lowest BCUT2D eigenvalue weighted by Gasteiger charge is -2.57. The number of hydrogen-bond acceptors (Lipinski definition) is 2. The number of nitrogens with zero attached hydrogens (tertiary/aromatic N) is 2. The molecule has 0 aromatic rings. The highest BCUT2D eigenvalue weighted by Crippen LogP contribution is 2.60. The maximum atomic E-state index is 13.4. The molecule has 132 valence electrons. The topological polar surface area (TPSA) is 40.6 Å². The van der Waals surface area contributed by atoms with Gasteiger partial charge in [0.1, 0.15) is 0 Å². The predicted octanol–water partition coefficient (Wildman–Crippen LogP) is 2.67. The van der Waals surface area contributed by atoms with Crippen LogP contribution >= 0.6 is 0 Å². The normalized spacial score (nSPS) is 41.4. The molecule has 1 saturated heterocycles. The Bertz CT molecular complexity index is 511. The fourth-order valence-corrected chi connectivity index (χ4v) is 6.75. The summed E-state index contributed by atoms with van der Waals surface area (Å²) in [6.45, 7) is 3.04. The van der Waals surface area contributed by atoms with E-state index in [4.69, 9.17) is 0 Å². The molecule has 5 aliphatic carbocycles. The average molecular weight is 330 g/mol. The van der Waals surface area contributed by atoms with E-state index < -0.39 is 0 Å². The Kier molecular flexibility index (Phi) is 3.47. The SMILES string of the molecule is O=C(C1CCC1)N1CCN(C(=O)C23CC4CC(CC(C4)C2)C3)CC1. The molecule has 1 heterocycles. The van der Waals surface area contributed by atoms with Crippen LogP contribution < -0.4 is 0 Å². The summed E-state index contributed by atoms with van der Waals surface area (Å²) in [4.78, 5) is 29.9. The maximum Gasteiger partial charge on any atom is 0.228 e. The minimum Gasteiger partial charge on any atom is -0.339 e. The smallest absolute Gasteiger partial charge is 0.228 e. The van der Waals surface area contributed by atoms with Crippen molar-refractivity contribution in [1.29, 1.82) is 0 Å². The molecular formula is C20H30N2O2. The molecule has 0 atom stereocenters. The van der Waals surface area contributed by atoms with Crippen LogP contribution in [0.1, 0.15) is 57.8 Å². The molecule has 4 nitrogen and oxygen atoms in total. The van der Waals surface area contributed by atoms with Gasteiger partial charge in [-0.3, -0.25) is 9.59 Å². The van der Waals surface area contributed by atoms with Gasteiger partial charge in [0.2, 0.25) is 11.8 Å². The third-order valence-electron chi connectivity index (χ3n) is 7.82. The first-order valence-corrected chi connectivity index (χ1v) is 10.2. The fraction of sp³-hybridized carbons (Fsp3) is 0.900. The summed E-state index contributed by atoms with van der Waals surface area (Å²) >= 11 is 0. The summed E-state index contributed by atoms with van der Waals surface area (Å²) in [5, 5.41) is 0. The highest BCUT2D eigenvalue weighted by Gasteiger charge is 2.55. The van der Waals surface area contributed by atoms with E-state index >= 15 is 0 Å². The Morgan fingerprint density at radius 2 is 1.25 bits per heavy atom. The van der Waals surface area contributed by atoms with Gasteiger partial charge in [-0.15, -0.1) is 0 Å². The lowest BCUT2D eigenvalue weighted by atomic mass is 9.49. The monoisotopic (exact) mass is 330 g/mol. The fourth-order valence-electron chi connectivity index (χ4n) is 6.75. The largest absolute Gasteiger partial charge is 0.339 e. The van der Waals surface area contributed by atoms with Crippen molar-refractivity contribution in [3.63, 3.8) is 0 Å². The van der Waals surface area contributed by atoms with E-state index in [1.807, 2.05) is 4.90 Å². The number of rotatable bonds is 2. The Labute approximate surface area is 144 Å². The Hall–Kier alpha value is -1.06. The van der Waals surface area contributed by atoms with Gasteiger partial charge in [0.05, 0.1) is 5.41 Å². The van der Waals surface area contributed by atoms with Crippen molar-refractivity contribution in [2.45, 2.75) is 57.8 Å². The lowest BCUT2D eigenvalue weighted by Crippen LogP contribution is -2.59. The average Bonchev–Trinajstić information content (AvgIpc) is 2.51. The molecule has 4 heteroatoms. The molecule has 0 radical (unpaired) electrons. The first-order valence-electron chi connectivity index (χ1n) is 10.2. The molecule has 4 bridgehead atoms. The summed E-state index contributed by atoms with van der Waals surface area (Å²) < 4.78 is 0. The second-order valence-corrected chi connectivity index (χ2v) is 9.44. The van der Waals surface area contributed by atoms with Crippen LogP contribution in [0.3, 0.4) is 0 Å². The van der Waals surface area contributed by atoms with Gasteiger partial charge in [0.15, 0.2) is 0 Å². The molecule has 1 aliphatic heterocycles. The Morgan fingerprint density at radius 3 is 1.71 bits per heavy atom. The third kappa shape index (κ3) is 2.32. The van der Waals surface area contributed by atoms with E-state index in [1.54, 1.807) is 0 Å². The molecule has 0 N–H and O–H groups in total. The van der Waals surface area contributed by atoms with Gasteiger partial charge in [-0.05, 0) is 69.1 Å². The molecule has 6 rings (SSSR count). The number of amides is 2. The van der Waals surface area contributed by atoms with Crippen molar-refractivity contribution < 1.29 is 9.59 Å². The van der Waals surface area contributed by atoms with Gasteiger partial charge in [-0.2, -0.15) is 0 Å². The summed E-state index contributed by atoms with van der Waals surface area (Å²) in [5.41, 5.74) is -0.0189. The molecule has 0 unspecified atom stereocenters. The van der Waals surface area contributed by atoms with Crippen molar-refractivity contribution in [2.24, 2.45) is 29.1 Å². The highest BCUT2D eigenvalue weighted by atomic mass is 16.2. The number of piperazine rings is 1. The van der Waals surface area contributed by atoms with Gasteiger partial charge >= 0.3 is 0 Å². The summed E-state index contributed by atoms with van der Waals surface area (Å²) in [6.07, 6.45) is 11.0. The van der Waals surface area contributed by atoms with E-state index in [2.05, 4.69) is 4.90 Å². The first-order chi connectivity index (χ1) is 11.6. The second-order valence-electron chi connectivity index (χ2n) is 9.44. The molecule has 6 aliphatic rings. The quantitative estimate of drug-likeness (QED) is 0.781. The number of carbonyl (C=O) groups is 2. The van der Waals surface area contributed by atoms with E-state index in [0.29, 0.717) is 11.8 Å². The zero-order valence-corrected chi connectivity index (χ0v) is 14.7.